The number of nitrogens with zero attached hydrogens (tertiary/aromatic N) is 7. The summed E-state index contributed by atoms with van der Waals surface area (Å²) in [6.07, 6.45) is 4.30. The molecular weight excluding hydrogens is 412 g/mol. The molecule has 0 aliphatic heterocycles. The van der Waals surface area contributed by atoms with Crippen molar-refractivity contribution in [1.82, 2.24) is 34.7 Å². The van der Waals surface area contributed by atoms with Gasteiger partial charge >= 0.3 is 0 Å². The summed E-state index contributed by atoms with van der Waals surface area (Å²) in [6.45, 7) is 0.740. The van der Waals surface area contributed by atoms with E-state index in [4.69, 9.17) is 11.6 Å². The highest BCUT2D eigenvalue weighted by atomic mass is 35.5. The fourth-order valence-corrected chi connectivity index (χ4v) is 3.50. The molecule has 0 saturated heterocycles. The monoisotopic (exact) mass is 430 g/mol. The average molecular weight is 431 g/mol. The van der Waals surface area contributed by atoms with Crippen LogP contribution in [-0.2, 0) is 20.0 Å². The predicted molar refractivity (Wildman–Crippen MR) is 120 cm³/mol. The van der Waals surface area contributed by atoms with Gasteiger partial charge in [0, 0.05) is 36.4 Å². The number of nitrogens with one attached hydrogen (secondary N) is 1. The second-order valence-corrected chi connectivity index (χ2v) is 7.56. The Labute approximate surface area is 183 Å². The first-order valence-corrected chi connectivity index (χ1v) is 10.2. The predicted octanol–water partition coefficient (Wildman–Crippen LogP) is 4.26. The van der Waals surface area contributed by atoms with Crippen molar-refractivity contribution < 1.29 is 0 Å². The van der Waals surface area contributed by atoms with E-state index >= 15 is 0 Å². The Morgan fingerprint density at radius 3 is 2.68 bits per heavy atom. The van der Waals surface area contributed by atoms with E-state index in [2.05, 4.69) is 30.7 Å². The maximum atomic E-state index is 5.96. The quantitative estimate of drug-likeness (QED) is 0.433. The van der Waals surface area contributed by atoms with Gasteiger partial charge in [-0.2, -0.15) is 5.10 Å². The van der Waals surface area contributed by atoms with Crippen molar-refractivity contribution in [2.75, 3.05) is 5.32 Å². The zero-order valence-corrected chi connectivity index (χ0v) is 17.5. The van der Waals surface area contributed by atoms with Crippen LogP contribution < -0.4 is 5.32 Å². The highest BCUT2D eigenvalue weighted by Gasteiger charge is 2.09. The third kappa shape index (κ3) is 4.10. The van der Waals surface area contributed by atoms with Gasteiger partial charge in [0.25, 0.3) is 0 Å². The number of fused-ring (bicyclic) bond motifs is 1. The molecule has 31 heavy (non-hydrogen) atoms. The molecule has 3 aromatic heterocycles. The molecule has 2 aromatic carbocycles. The Balaban J connectivity index is 1.36. The van der Waals surface area contributed by atoms with Crippen molar-refractivity contribution in [2.45, 2.75) is 13.0 Å². The van der Waals surface area contributed by atoms with E-state index < -0.39 is 0 Å². The maximum absolute atomic E-state index is 5.96. The molecule has 8 nitrogen and oxygen atoms in total. The Bertz CT molecular complexity index is 1340. The number of hydrogen-bond acceptors (Lipinski definition) is 6. The number of aryl methyl sites for hydroxylation is 3. The molecule has 0 atom stereocenters. The van der Waals surface area contributed by atoms with Crippen LogP contribution in [0.5, 0.6) is 0 Å². The molecule has 0 aliphatic carbocycles. The molecule has 0 amide bonds. The number of anilines is 2. The van der Waals surface area contributed by atoms with Crippen LogP contribution >= 0.6 is 11.6 Å². The second kappa shape index (κ2) is 8.16. The van der Waals surface area contributed by atoms with E-state index in [1.54, 1.807) is 17.1 Å². The van der Waals surface area contributed by atoms with Crippen LogP contribution in [0.2, 0.25) is 5.02 Å². The highest BCUT2D eigenvalue weighted by Crippen LogP contribution is 2.23. The van der Waals surface area contributed by atoms with Gasteiger partial charge in [-0.05, 0) is 42.3 Å². The third-order valence-corrected chi connectivity index (χ3v) is 5.30. The molecule has 1 N–H and O–H groups in total. The highest BCUT2D eigenvalue weighted by molar-refractivity contribution is 6.30. The molecule has 9 heteroatoms. The number of halogens is 1. The molecule has 0 bridgehead atoms. The molecule has 0 aliphatic rings. The van der Waals surface area contributed by atoms with Gasteiger partial charge in [0.1, 0.15) is 11.3 Å². The average Bonchev–Trinajstić information content (AvgIpc) is 3.39. The van der Waals surface area contributed by atoms with Gasteiger partial charge in [0.15, 0.2) is 0 Å². The zero-order chi connectivity index (χ0) is 21.2. The van der Waals surface area contributed by atoms with E-state index in [-0.39, 0.29) is 0 Å². The lowest BCUT2D eigenvalue weighted by Gasteiger charge is -2.07. The lowest BCUT2D eigenvalue weighted by molar-refractivity contribution is 0.606. The summed E-state index contributed by atoms with van der Waals surface area (Å²) < 4.78 is 3.65. The van der Waals surface area contributed by atoms with Gasteiger partial charge in [-0.3, -0.25) is 4.68 Å². The van der Waals surface area contributed by atoms with Gasteiger partial charge in [-0.1, -0.05) is 35.0 Å². The molecule has 154 valence electrons. The van der Waals surface area contributed by atoms with Crippen LogP contribution in [0.25, 0.3) is 22.3 Å². The molecule has 0 fully saturated rings. The Hall–Kier alpha value is -3.78. The van der Waals surface area contributed by atoms with Crippen molar-refractivity contribution in [2.24, 2.45) is 7.05 Å². The van der Waals surface area contributed by atoms with Crippen LogP contribution in [0.3, 0.4) is 0 Å². The SMILES string of the molecule is Cn1nccc1Nc1nccc(-c2ccc3c(c2)nnn3CCc2ccc(Cl)cc2)n1. The van der Waals surface area contributed by atoms with E-state index in [0.717, 1.165) is 46.1 Å². The minimum absolute atomic E-state index is 0.507. The molecule has 5 aromatic rings. The fourth-order valence-electron chi connectivity index (χ4n) is 3.37. The van der Waals surface area contributed by atoms with Crippen molar-refractivity contribution in [3.05, 3.63) is 77.6 Å². The van der Waals surface area contributed by atoms with Crippen LogP contribution in [0.15, 0.2) is 67.0 Å². The van der Waals surface area contributed by atoms with E-state index in [0.29, 0.717) is 5.95 Å². The first-order valence-electron chi connectivity index (χ1n) is 9.82. The van der Waals surface area contributed by atoms with Crippen LogP contribution in [0.1, 0.15) is 5.56 Å². The number of hydrogen-bond donors (Lipinski definition) is 1. The van der Waals surface area contributed by atoms with Gasteiger partial charge in [0.2, 0.25) is 5.95 Å². The maximum Gasteiger partial charge on any atom is 0.228 e. The number of benzene rings is 2. The summed E-state index contributed by atoms with van der Waals surface area (Å²) in [7, 11) is 1.86. The first kappa shape index (κ1) is 19.2. The molecule has 0 saturated carbocycles. The summed E-state index contributed by atoms with van der Waals surface area (Å²) >= 11 is 5.96. The van der Waals surface area contributed by atoms with Crippen LogP contribution in [0.4, 0.5) is 11.8 Å². The second-order valence-electron chi connectivity index (χ2n) is 7.12. The minimum Gasteiger partial charge on any atom is -0.309 e. The molecule has 0 unspecified atom stereocenters. The van der Waals surface area contributed by atoms with E-state index in [9.17, 15) is 0 Å². The normalized spacial score (nSPS) is 11.2. The lowest BCUT2D eigenvalue weighted by Crippen LogP contribution is -2.03. The summed E-state index contributed by atoms with van der Waals surface area (Å²) in [5.41, 5.74) is 4.78. The number of aromatic nitrogens is 7. The Kier molecular flexibility index (Phi) is 5.05. The minimum atomic E-state index is 0.507. The van der Waals surface area contributed by atoms with Gasteiger partial charge in [-0.25, -0.2) is 14.6 Å². The third-order valence-electron chi connectivity index (χ3n) is 5.05. The summed E-state index contributed by atoms with van der Waals surface area (Å²) in [5.74, 6) is 1.32. The van der Waals surface area contributed by atoms with E-state index in [1.165, 1.54) is 5.56 Å². The Morgan fingerprint density at radius 2 is 1.87 bits per heavy atom. The number of rotatable bonds is 6. The molecule has 5 rings (SSSR count). The smallest absolute Gasteiger partial charge is 0.228 e. The molecule has 3 heterocycles. The van der Waals surface area contributed by atoms with Crippen molar-refractivity contribution >= 4 is 34.4 Å². The summed E-state index contributed by atoms with van der Waals surface area (Å²) in [4.78, 5) is 8.93. The standard InChI is InChI=1S/C22H19ClN8/c1-30-21(9-12-25-30)27-22-24-11-8-18(26-22)16-4-7-20-19(14-16)28-29-31(20)13-10-15-2-5-17(23)6-3-15/h2-9,11-12,14H,10,13H2,1H3,(H,24,26,27). The molecular formula is C22H19ClN8. The van der Waals surface area contributed by atoms with Crippen LogP contribution in [0, 0.1) is 0 Å². The van der Waals surface area contributed by atoms with Crippen molar-refractivity contribution in [3.8, 4) is 11.3 Å². The molecule has 0 spiro atoms. The Morgan fingerprint density at radius 1 is 1.00 bits per heavy atom. The van der Waals surface area contributed by atoms with Gasteiger partial charge < -0.3 is 5.32 Å². The van der Waals surface area contributed by atoms with E-state index in [1.807, 2.05) is 66.3 Å². The van der Waals surface area contributed by atoms with Gasteiger partial charge in [0.05, 0.1) is 17.4 Å². The lowest BCUT2D eigenvalue weighted by atomic mass is 10.1. The fraction of sp³-hybridized carbons (Fsp3) is 0.136. The van der Waals surface area contributed by atoms with Gasteiger partial charge in [-0.15, -0.1) is 5.10 Å². The zero-order valence-electron chi connectivity index (χ0n) is 16.8. The molecule has 0 radical (unpaired) electrons. The first-order chi connectivity index (χ1) is 15.2. The van der Waals surface area contributed by atoms with Crippen molar-refractivity contribution in [3.63, 3.8) is 0 Å². The summed E-state index contributed by atoms with van der Waals surface area (Å²) in [6, 6.07) is 17.7. The van der Waals surface area contributed by atoms with Crippen molar-refractivity contribution in [1.29, 1.82) is 0 Å². The largest absolute Gasteiger partial charge is 0.309 e. The topological polar surface area (TPSA) is 86.3 Å². The van der Waals surface area contributed by atoms with Crippen LogP contribution in [-0.4, -0.2) is 34.7 Å². The summed E-state index contributed by atoms with van der Waals surface area (Å²) in [5, 5.41) is 16.7.